The van der Waals surface area contributed by atoms with Crippen LogP contribution >= 0.6 is 12.2 Å². The van der Waals surface area contributed by atoms with Gasteiger partial charge in [0.05, 0.1) is 17.9 Å². The molecule has 3 N–H and O–H groups in total. The highest BCUT2D eigenvalue weighted by Crippen LogP contribution is 2.27. The minimum Gasteiger partial charge on any atom is -0.462 e. The summed E-state index contributed by atoms with van der Waals surface area (Å²) >= 11 is 5.00. The lowest BCUT2D eigenvalue weighted by Gasteiger charge is -2.18. The monoisotopic (exact) mass is 411 g/mol. The number of benzene rings is 2. The van der Waals surface area contributed by atoms with E-state index in [-0.39, 0.29) is 22.9 Å². The number of esters is 1. The van der Waals surface area contributed by atoms with Gasteiger partial charge in [0.1, 0.15) is 0 Å². The molecule has 0 fully saturated rings. The predicted molar refractivity (Wildman–Crippen MR) is 110 cm³/mol. The number of nitrogens with one attached hydrogen (secondary N) is 2. The van der Waals surface area contributed by atoms with Gasteiger partial charge < -0.3 is 15.0 Å². The van der Waals surface area contributed by atoms with E-state index < -0.39 is 11.5 Å². The first kappa shape index (κ1) is 20.1. The first-order valence-electron chi connectivity index (χ1n) is 8.59. The number of carbonyl (C=O) groups is 1. The fraction of sp³-hybridized carbons (Fsp3) is 0.105. The molecule has 3 rings (SSSR count). The average Bonchev–Trinajstić information content (AvgIpc) is 2.88. The molecule has 0 spiro atoms. The van der Waals surface area contributed by atoms with E-state index in [0.29, 0.717) is 16.9 Å². The van der Waals surface area contributed by atoms with Crippen molar-refractivity contribution in [3.63, 3.8) is 0 Å². The normalized spacial score (nSPS) is 10.3. The number of aromatic nitrogens is 3. The van der Waals surface area contributed by atoms with Gasteiger partial charge in [0.25, 0.3) is 0 Å². The zero-order valence-electron chi connectivity index (χ0n) is 15.3. The molecule has 0 radical (unpaired) electrons. The number of para-hydroxylation sites is 1. The molecule has 0 atom stereocenters. The maximum atomic E-state index is 12.5. The molecule has 29 heavy (non-hydrogen) atoms. The second-order valence-corrected chi connectivity index (χ2v) is 6.12. The van der Waals surface area contributed by atoms with Gasteiger partial charge in [-0.25, -0.2) is 9.86 Å². The van der Waals surface area contributed by atoms with Crippen molar-refractivity contribution in [1.29, 1.82) is 0 Å². The smallest absolute Gasteiger partial charge is 0.338 e. The Bertz CT molecular complexity index is 1120. The molecule has 1 aromatic heterocycles. The maximum absolute atomic E-state index is 12.5. The summed E-state index contributed by atoms with van der Waals surface area (Å²) in [7, 11) is 0. The second-order valence-electron chi connectivity index (χ2n) is 5.73. The van der Waals surface area contributed by atoms with Gasteiger partial charge in [0.15, 0.2) is 11.5 Å². The fourth-order valence-electron chi connectivity index (χ4n) is 2.45. The number of nitrogens with zero attached hydrogens (tertiary/aromatic N) is 3. The van der Waals surface area contributed by atoms with Crippen LogP contribution in [-0.4, -0.2) is 33.0 Å². The number of rotatable bonds is 6. The molecule has 0 aliphatic carbocycles. The van der Waals surface area contributed by atoms with E-state index in [0.717, 1.165) is 5.06 Å². The molecule has 0 saturated heterocycles. The van der Waals surface area contributed by atoms with E-state index in [9.17, 15) is 14.8 Å². The van der Waals surface area contributed by atoms with Gasteiger partial charge in [-0.1, -0.05) is 18.2 Å². The Balaban J connectivity index is 2.01. The van der Waals surface area contributed by atoms with Crippen LogP contribution in [0.3, 0.4) is 0 Å². The van der Waals surface area contributed by atoms with Crippen molar-refractivity contribution in [1.82, 2.24) is 15.2 Å². The van der Waals surface area contributed by atoms with Gasteiger partial charge in [-0.3, -0.25) is 10.0 Å². The zero-order valence-corrected chi connectivity index (χ0v) is 16.1. The van der Waals surface area contributed by atoms with E-state index in [2.05, 4.69) is 20.5 Å². The van der Waals surface area contributed by atoms with Crippen LogP contribution in [0.4, 0.5) is 22.9 Å². The third-order valence-corrected chi connectivity index (χ3v) is 3.97. The standard InChI is InChI=1S/C19H17N5O4S/c1-2-28-18(26)12-8-10-13(11-9-12)20-15-16(21-19(29)23-22-17(15)25)24(27)14-6-4-3-5-7-14/h3-11,27H,2H2,1H3,(H,20,22,25)(H,21,23,29). The largest absolute Gasteiger partial charge is 0.462 e. The zero-order chi connectivity index (χ0) is 20.8. The number of hydrogen-bond acceptors (Lipinski definition) is 9. The lowest BCUT2D eigenvalue weighted by atomic mass is 10.2. The third-order valence-electron chi connectivity index (χ3n) is 3.79. The summed E-state index contributed by atoms with van der Waals surface area (Å²) in [6, 6.07) is 14.8. The van der Waals surface area contributed by atoms with Crippen LogP contribution < -0.4 is 15.9 Å². The van der Waals surface area contributed by atoms with E-state index in [1.54, 1.807) is 61.5 Å². The van der Waals surface area contributed by atoms with Crippen LogP contribution in [0.5, 0.6) is 0 Å². The van der Waals surface area contributed by atoms with Crippen molar-refractivity contribution >= 4 is 41.1 Å². The maximum Gasteiger partial charge on any atom is 0.338 e. The Morgan fingerprint density at radius 2 is 1.86 bits per heavy atom. The number of hydrogen-bond donors (Lipinski definition) is 3. The van der Waals surface area contributed by atoms with Gasteiger partial charge >= 0.3 is 11.5 Å². The molecule has 0 aliphatic rings. The molecule has 10 heteroatoms. The van der Waals surface area contributed by atoms with Crippen LogP contribution in [0.2, 0.25) is 0 Å². The van der Waals surface area contributed by atoms with Crippen molar-refractivity contribution in [2.24, 2.45) is 0 Å². The van der Waals surface area contributed by atoms with E-state index in [1.807, 2.05) is 0 Å². The van der Waals surface area contributed by atoms with Crippen molar-refractivity contribution < 1.29 is 14.7 Å². The van der Waals surface area contributed by atoms with Crippen LogP contribution in [0, 0.1) is 4.77 Å². The summed E-state index contributed by atoms with van der Waals surface area (Å²) in [4.78, 5) is 27.0. The molecule has 148 valence electrons. The quantitative estimate of drug-likeness (QED) is 0.318. The Kier molecular flexibility index (Phi) is 6.27. The Hall–Kier alpha value is -3.63. The predicted octanol–water partition coefficient (Wildman–Crippen LogP) is 3.34. The third kappa shape index (κ3) is 4.81. The van der Waals surface area contributed by atoms with Gasteiger partial charge in [-0.2, -0.15) is 0 Å². The van der Waals surface area contributed by atoms with E-state index in [1.165, 1.54) is 0 Å². The molecule has 3 aromatic rings. The molecule has 9 nitrogen and oxygen atoms in total. The lowest BCUT2D eigenvalue weighted by Crippen LogP contribution is -2.18. The van der Waals surface area contributed by atoms with Crippen LogP contribution in [0.1, 0.15) is 17.3 Å². The van der Waals surface area contributed by atoms with Gasteiger partial charge in [-0.05, 0) is 55.5 Å². The van der Waals surface area contributed by atoms with Gasteiger partial charge in [-0.15, -0.1) is 10.2 Å². The van der Waals surface area contributed by atoms with Crippen LogP contribution in [0.25, 0.3) is 0 Å². The highest BCUT2D eigenvalue weighted by atomic mass is 32.1. The molecule has 0 saturated carbocycles. The number of ether oxygens (including phenoxy) is 1. The van der Waals surface area contributed by atoms with Gasteiger partial charge in [0.2, 0.25) is 4.77 Å². The SMILES string of the molecule is CCOC(=O)c1ccc(Nc2c(N(O)c3ccccc3)[nH]c(=S)nnc2=O)cc1. The molecule has 0 aliphatic heterocycles. The molecule has 0 amide bonds. The summed E-state index contributed by atoms with van der Waals surface area (Å²) in [6.07, 6.45) is 0. The molecule has 0 unspecified atom stereocenters. The Morgan fingerprint density at radius 3 is 2.52 bits per heavy atom. The number of H-pyrrole nitrogens is 1. The summed E-state index contributed by atoms with van der Waals surface area (Å²) in [6.45, 7) is 1.99. The van der Waals surface area contributed by atoms with Crippen molar-refractivity contribution in [2.75, 3.05) is 17.0 Å². The topological polar surface area (TPSA) is 120 Å². The first-order chi connectivity index (χ1) is 14.0. The summed E-state index contributed by atoms with van der Waals surface area (Å²) in [5.74, 6) is -0.485. The Morgan fingerprint density at radius 1 is 1.17 bits per heavy atom. The van der Waals surface area contributed by atoms with E-state index in [4.69, 9.17) is 17.0 Å². The average molecular weight is 411 g/mol. The van der Waals surface area contributed by atoms with Crippen molar-refractivity contribution in [3.8, 4) is 0 Å². The molecule has 2 aromatic carbocycles. The Labute approximate surface area is 170 Å². The number of aromatic amines is 1. The minimum atomic E-state index is -0.739. The summed E-state index contributed by atoms with van der Waals surface area (Å²) < 4.78 is 4.86. The highest BCUT2D eigenvalue weighted by molar-refractivity contribution is 7.71. The highest BCUT2D eigenvalue weighted by Gasteiger charge is 2.16. The van der Waals surface area contributed by atoms with E-state index >= 15 is 0 Å². The lowest BCUT2D eigenvalue weighted by molar-refractivity contribution is 0.0526. The van der Waals surface area contributed by atoms with Crippen molar-refractivity contribution in [3.05, 3.63) is 75.3 Å². The van der Waals surface area contributed by atoms with Crippen LogP contribution in [0.15, 0.2) is 59.4 Å². The molecular formula is C19H17N5O4S. The molecule has 0 bridgehead atoms. The summed E-state index contributed by atoms with van der Waals surface area (Å²) in [5.41, 5.74) is 0.418. The van der Waals surface area contributed by atoms with Crippen molar-refractivity contribution in [2.45, 2.75) is 6.92 Å². The second kappa shape index (κ2) is 9.04. The first-order valence-corrected chi connectivity index (χ1v) is 9.00. The van der Waals surface area contributed by atoms with Gasteiger partial charge in [0, 0.05) is 5.69 Å². The molecule has 1 heterocycles. The fourth-order valence-corrected chi connectivity index (χ4v) is 2.59. The number of carbonyl (C=O) groups excluding carboxylic acids is 1. The minimum absolute atomic E-state index is 0.0364. The summed E-state index contributed by atoms with van der Waals surface area (Å²) in [5, 5.41) is 21.4. The van der Waals surface area contributed by atoms with Crippen LogP contribution in [-0.2, 0) is 4.74 Å². The molecular weight excluding hydrogens is 394 g/mol. The number of anilines is 4.